The van der Waals surface area contributed by atoms with Gasteiger partial charge in [0.25, 0.3) is 11.5 Å². The number of fused-ring (bicyclic) bond motifs is 2. The van der Waals surface area contributed by atoms with Crippen molar-refractivity contribution in [3.05, 3.63) is 60.9 Å². The van der Waals surface area contributed by atoms with Gasteiger partial charge >= 0.3 is 5.69 Å². The van der Waals surface area contributed by atoms with Crippen LogP contribution in [-0.2, 0) is 24.9 Å². The number of aromatic nitrogens is 4. The molecular weight excluding hydrogens is 442 g/mol. The molecule has 4 heterocycles. The van der Waals surface area contributed by atoms with Crippen molar-refractivity contribution < 1.29 is 9.63 Å². The van der Waals surface area contributed by atoms with Crippen molar-refractivity contribution in [2.45, 2.75) is 33.7 Å². The maximum Gasteiger partial charge on any atom is 0.331 e. The number of pyridine rings is 1. The molecule has 0 unspecified atom stereocenters. The van der Waals surface area contributed by atoms with Gasteiger partial charge in [-0.2, -0.15) is 0 Å². The van der Waals surface area contributed by atoms with E-state index < -0.39 is 11.5 Å². The second-order valence-corrected chi connectivity index (χ2v) is 9.61. The lowest BCUT2D eigenvalue weighted by atomic mass is 10.0. The molecule has 0 saturated carbocycles. The number of H-pyrrole nitrogens is 1. The third-order valence-electron chi connectivity index (χ3n) is 5.79. The normalized spacial score (nSPS) is 11.7. The molecule has 0 saturated heterocycles. The second-order valence-electron chi connectivity index (χ2n) is 8.52. The van der Waals surface area contributed by atoms with E-state index in [0.29, 0.717) is 22.7 Å². The molecule has 4 aromatic rings. The average molecular weight is 470 g/mol. The summed E-state index contributed by atoms with van der Waals surface area (Å²) in [6, 6.07) is 3.84. The summed E-state index contributed by atoms with van der Waals surface area (Å²) in [4.78, 5) is 53.6. The van der Waals surface area contributed by atoms with Crippen molar-refractivity contribution in [1.82, 2.24) is 24.2 Å². The molecule has 0 radical (unpaired) electrons. The Balaban J connectivity index is 2.05. The molecule has 1 amide bonds. The van der Waals surface area contributed by atoms with Crippen LogP contribution in [0.15, 0.2) is 27.9 Å². The van der Waals surface area contributed by atoms with Gasteiger partial charge in [-0.3, -0.25) is 23.6 Å². The first-order valence-electron chi connectivity index (χ1n) is 10.6. The van der Waals surface area contributed by atoms with Crippen molar-refractivity contribution >= 4 is 38.5 Å². The summed E-state index contributed by atoms with van der Waals surface area (Å²) in [7, 11) is 4.35. The monoisotopic (exact) mass is 469 g/mol. The van der Waals surface area contributed by atoms with Crippen molar-refractivity contribution in [3.8, 4) is 0 Å². The molecule has 0 spiro atoms. The molecule has 0 aliphatic rings. The maximum atomic E-state index is 13.4. The molecule has 0 fully saturated rings. The average Bonchev–Trinajstić information content (AvgIpc) is 3.32. The number of hydrogen-bond acceptors (Lipinski definition) is 6. The maximum absolute atomic E-state index is 13.4. The minimum atomic E-state index is -0.484. The Morgan fingerprint density at radius 2 is 2.06 bits per heavy atom. The van der Waals surface area contributed by atoms with Crippen LogP contribution < -0.4 is 11.2 Å². The Kier molecular flexibility index (Phi) is 5.98. The van der Waals surface area contributed by atoms with Crippen LogP contribution in [0.25, 0.3) is 21.3 Å². The molecule has 4 rings (SSSR count). The van der Waals surface area contributed by atoms with Crippen LogP contribution in [-0.4, -0.2) is 44.2 Å². The Labute approximate surface area is 194 Å². The fourth-order valence-corrected chi connectivity index (χ4v) is 5.38. The third-order valence-corrected chi connectivity index (χ3v) is 7.01. The Hall–Kier alpha value is -3.24. The molecule has 0 aliphatic carbocycles. The molecule has 0 aromatic carbocycles. The molecule has 9 nitrogen and oxygen atoms in total. The van der Waals surface area contributed by atoms with Crippen LogP contribution in [0, 0.1) is 12.8 Å². The predicted molar refractivity (Wildman–Crippen MR) is 129 cm³/mol. The SMILES string of the molecule is CON(C)C(=O)c1c(Cc2c(C)[nH]c3ncccc23)sc2c1c(=O)n(C)c(=O)n2CC(C)C. The summed E-state index contributed by atoms with van der Waals surface area (Å²) < 4.78 is 2.68. The lowest BCUT2D eigenvalue weighted by molar-refractivity contribution is -0.0756. The fourth-order valence-electron chi connectivity index (χ4n) is 4.09. The number of aromatic amines is 1. The van der Waals surface area contributed by atoms with E-state index in [0.717, 1.165) is 31.9 Å². The summed E-state index contributed by atoms with van der Waals surface area (Å²) in [6.45, 7) is 6.41. The topological polar surface area (TPSA) is 102 Å². The van der Waals surface area contributed by atoms with Gasteiger partial charge in [0, 0.05) is 49.2 Å². The van der Waals surface area contributed by atoms with Gasteiger partial charge in [-0.15, -0.1) is 11.3 Å². The van der Waals surface area contributed by atoms with Crippen LogP contribution in [0.2, 0.25) is 0 Å². The van der Waals surface area contributed by atoms with Gasteiger partial charge < -0.3 is 4.98 Å². The number of rotatable bonds is 6. The zero-order chi connectivity index (χ0) is 24.0. The van der Waals surface area contributed by atoms with Crippen molar-refractivity contribution in [1.29, 1.82) is 0 Å². The van der Waals surface area contributed by atoms with E-state index in [-0.39, 0.29) is 22.6 Å². The largest absolute Gasteiger partial charge is 0.343 e. The molecule has 10 heteroatoms. The Morgan fingerprint density at radius 1 is 1.33 bits per heavy atom. The summed E-state index contributed by atoms with van der Waals surface area (Å²) in [5.41, 5.74) is 2.10. The van der Waals surface area contributed by atoms with Crippen LogP contribution in [0.4, 0.5) is 0 Å². The highest BCUT2D eigenvalue weighted by Crippen LogP contribution is 2.34. The minimum absolute atomic E-state index is 0.177. The van der Waals surface area contributed by atoms with E-state index >= 15 is 0 Å². The van der Waals surface area contributed by atoms with Crippen LogP contribution >= 0.6 is 11.3 Å². The van der Waals surface area contributed by atoms with Crippen molar-refractivity contribution in [2.24, 2.45) is 13.0 Å². The minimum Gasteiger partial charge on any atom is -0.343 e. The zero-order valence-electron chi connectivity index (χ0n) is 19.6. The molecule has 4 aromatic heterocycles. The fraction of sp³-hybridized carbons (Fsp3) is 0.391. The number of hydrogen-bond donors (Lipinski definition) is 1. The molecule has 33 heavy (non-hydrogen) atoms. The molecule has 0 aliphatic heterocycles. The summed E-state index contributed by atoms with van der Waals surface area (Å²) in [6.07, 6.45) is 2.13. The number of hydroxylamine groups is 2. The van der Waals surface area contributed by atoms with Gasteiger partial charge in [0.15, 0.2) is 0 Å². The van der Waals surface area contributed by atoms with Crippen LogP contribution in [0.3, 0.4) is 0 Å². The van der Waals surface area contributed by atoms with Gasteiger partial charge in [0.1, 0.15) is 10.5 Å². The highest BCUT2D eigenvalue weighted by molar-refractivity contribution is 7.19. The van der Waals surface area contributed by atoms with Crippen LogP contribution in [0.5, 0.6) is 0 Å². The highest BCUT2D eigenvalue weighted by Gasteiger charge is 2.28. The third kappa shape index (κ3) is 3.79. The Morgan fingerprint density at radius 3 is 2.73 bits per heavy atom. The van der Waals surface area contributed by atoms with Gasteiger partial charge in [0.2, 0.25) is 0 Å². The quantitative estimate of drug-likeness (QED) is 0.438. The van der Waals surface area contributed by atoms with E-state index in [2.05, 4.69) is 9.97 Å². The number of aryl methyl sites for hydroxylation is 1. The first-order chi connectivity index (χ1) is 15.6. The number of carbonyl (C=O) groups excluding carboxylic acids is 1. The first kappa shape index (κ1) is 22.9. The lowest BCUT2D eigenvalue weighted by Crippen LogP contribution is -2.39. The number of amides is 1. The molecule has 0 atom stereocenters. The standard InChI is InChI=1S/C23H27N5O4S/c1-12(2)11-28-22-18(20(29)26(4)23(28)31)17(21(30)27(5)32-6)16(33-22)10-15-13(3)25-19-14(15)8-7-9-24-19/h7-9,12H,10-11H2,1-6H3,(H,24,25). The predicted octanol–water partition coefficient (Wildman–Crippen LogP) is 2.83. The molecular formula is C23H27N5O4S. The number of nitrogens with one attached hydrogen (secondary N) is 1. The molecule has 174 valence electrons. The number of carbonyl (C=O) groups is 1. The van der Waals surface area contributed by atoms with E-state index in [9.17, 15) is 14.4 Å². The van der Waals surface area contributed by atoms with Crippen molar-refractivity contribution in [2.75, 3.05) is 14.2 Å². The smallest absolute Gasteiger partial charge is 0.331 e. The van der Waals surface area contributed by atoms with E-state index in [1.54, 1.807) is 10.8 Å². The number of nitrogens with zero attached hydrogens (tertiary/aromatic N) is 4. The summed E-state index contributed by atoms with van der Waals surface area (Å²) in [5, 5.41) is 2.31. The second kappa shape index (κ2) is 8.60. The van der Waals surface area contributed by atoms with Gasteiger partial charge in [-0.05, 0) is 30.5 Å². The summed E-state index contributed by atoms with van der Waals surface area (Å²) >= 11 is 1.31. The van der Waals surface area contributed by atoms with E-state index in [4.69, 9.17) is 4.84 Å². The van der Waals surface area contributed by atoms with Crippen LogP contribution in [0.1, 0.15) is 40.3 Å². The lowest BCUT2D eigenvalue weighted by Gasteiger charge is -2.15. The molecule has 0 bridgehead atoms. The van der Waals surface area contributed by atoms with E-state index in [1.165, 1.54) is 32.5 Å². The van der Waals surface area contributed by atoms with Gasteiger partial charge in [-0.25, -0.2) is 14.8 Å². The zero-order valence-corrected chi connectivity index (χ0v) is 20.4. The summed E-state index contributed by atoms with van der Waals surface area (Å²) in [5.74, 6) is -0.252. The number of thiophene rings is 1. The van der Waals surface area contributed by atoms with Gasteiger partial charge in [0.05, 0.1) is 18.1 Å². The Bertz CT molecular complexity index is 1490. The van der Waals surface area contributed by atoms with Crippen molar-refractivity contribution in [3.63, 3.8) is 0 Å². The van der Waals surface area contributed by atoms with Gasteiger partial charge in [-0.1, -0.05) is 13.8 Å². The highest BCUT2D eigenvalue weighted by atomic mass is 32.1. The van der Waals surface area contributed by atoms with E-state index in [1.807, 2.05) is 32.9 Å². The first-order valence-corrected chi connectivity index (χ1v) is 11.5. The molecule has 1 N–H and O–H groups in total.